The van der Waals surface area contributed by atoms with Crippen molar-refractivity contribution in [2.45, 2.75) is 13.0 Å². The molecule has 0 atom stereocenters. The molecule has 0 saturated heterocycles. The van der Waals surface area contributed by atoms with Crippen molar-refractivity contribution in [2.75, 3.05) is 20.7 Å². The van der Waals surface area contributed by atoms with Gasteiger partial charge in [-0.05, 0) is 36.4 Å². The fourth-order valence-electron chi connectivity index (χ4n) is 1.78. The average Bonchev–Trinajstić information content (AvgIpc) is 2.43. The van der Waals surface area contributed by atoms with Gasteiger partial charge < -0.3 is 14.7 Å². The van der Waals surface area contributed by atoms with Crippen LogP contribution >= 0.6 is 0 Å². The highest BCUT2D eigenvalue weighted by Gasteiger charge is 2.06. The number of aliphatic carboxylic acids is 1. The summed E-state index contributed by atoms with van der Waals surface area (Å²) < 4.78 is 5.19. The Balaban J connectivity index is 2.94. The van der Waals surface area contributed by atoms with Gasteiger partial charge in [0.25, 0.3) is 0 Å². The van der Waals surface area contributed by atoms with Crippen LogP contribution in [0.3, 0.4) is 0 Å². The van der Waals surface area contributed by atoms with E-state index in [2.05, 4.69) is 6.07 Å². The zero-order valence-corrected chi connectivity index (χ0v) is 11.7. The van der Waals surface area contributed by atoms with Crippen molar-refractivity contribution in [3.8, 4) is 11.8 Å². The van der Waals surface area contributed by atoms with E-state index in [4.69, 9.17) is 15.1 Å². The minimum atomic E-state index is -0.982. The lowest BCUT2D eigenvalue weighted by molar-refractivity contribution is -0.131. The number of ether oxygens (including phenoxy) is 1. The van der Waals surface area contributed by atoms with Crippen LogP contribution < -0.4 is 4.74 Å². The molecule has 0 amide bonds. The highest BCUT2D eigenvalue weighted by molar-refractivity contribution is 5.85. The topological polar surface area (TPSA) is 73.6 Å². The first-order valence-corrected chi connectivity index (χ1v) is 6.20. The molecule has 1 aromatic carbocycles. The summed E-state index contributed by atoms with van der Waals surface area (Å²) in [6.07, 6.45) is 3.14. The first-order valence-electron chi connectivity index (χ1n) is 6.20. The van der Waals surface area contributed by atoms with Gasteiger partial charge in [-0.1, -0.05) is 6.07 Å². The van der Waals surface area contributed by atoms with Gasteiger partial charge in [0, 0.05) is 25.6 Å². The molecule has 1 rings (SSSR count). The molecule has 1 N–H and O–H groups in total. The highest BCUT2D eigenvalue weighted by Crippen LogP contribution is 2.20. The molecule has 0 spiro atoms. The van der Waals surface area contributed by atoms with Crippen LogP contribution in [0.1, 0.15) is 17.5 Å². The van der Waals surface area contributed by atoms with Gasteiger partial charge in [-0.2, -0.15) is 5.26 Å². The highest BCUT2D eigenvalue weighted by atomic mass is 16.5. The van der Waals surface area contributed by atoms with Crippen LogP contribution in [0.4, 0.5) is 0 Å². The standard InChI is InChI=1S/C15H18N2O3/c1-17(9-3-8-16)11-13-10-14(20-2)6-4-12(13)5-7-15(18)19/h4-7,10H,3,9,11H2,1-2H3,(H,18,19). The Morgan fingerprint density at radius 2 is 2.30 bits per heavy atom. The predicted molar refractivity (Wildman–Crippen MR) is 76.2 cm³/mol. The Labute approximate surface area is 118 Å². The zero-order valence-electron chi connectivity index (χ0n) is 11.7. The van der Waals surface area contributed by atoms with Crippen molar-refractivity contribution in [1.29, 1.82) is 5.26 Å². The van der Waals surface area contributed by atoms with Crippen LogP contribution in [0.25, 0.3) is 6.08 Å². The maximum Gasteiger partial charge on any atom is 0.328 e. The molecule has 0 saturated carbocycles. The maximum absolute atomic E-state index is 10.6. The van der Waals surface area contributed by atoms with E-state index < -0.39 is 5.97 Å². The molecule has 20 heavy (non-hydrogen) atoms. The van der Waals surface area contributed by atoms with E-state index in [0.29, 0.717) is 19.5 Å². The number of benzene rings is 1. The number of hydrogen-bond acceptors (Lipinski definition) is 4. The number of nitriles is 1. The van der Waals surface area contributed by atoms with Crippen LogP contribution in [0, 0.1) is 11.3 Å². The van der Waals surface area contributed by atoms with Crippen LogP contribution in [0.2, 0.25) is 0 Å². The van der Waals surface area contributed by atoms with E-state index in [1.54, 1.807) is 19.3 Å². The fourth-order valence-corrected chi connectivity index (χ4v) is 1.78. The molecule has 5 heteroatoms. The third-order valence-electron chi connectivity index (χ3n) is 2.80. The van der Waals surface area contributed by atoms with Gasteiger partial charge in [-0.15, -0.1) is 0 Å². The van der Waals surface area contributed by atoms with E-state index in [1.165, 1.54) is 0 Å². The van der Waals surface area contributed by atoms with Crippen molar-refractivity contribution >= 4 is 12.0 Å². The SMILES string of the molecule is COc1ccc(C=CC(=O)O)c(CN(C)CCC#N)c1. The van der Waals surface area contributed by atoms with E-state index in [1.807, 2.05) is 24.1 Å². The van der Waals surface area contributed by atoms with E-state index >= 15 is 0 Å². The average molecular weight is 274 g/mol. The van der Waals surface area contributed by atoms with Crippen molar-refractivity contribution in [1.82, 2.24) is 4.90 Å². The van der Waals surface area contributed by atoms with Crippen molar-refractivity contribution in [2.24, 2.45) is 0 Å². The first-order chi connectivity index (χ1) is 9.56. The Hall–Kier alpha value is -2.32. The number of carbonyl (C=O) groups is 1. The molecule has 5 nitrogen and oxygen atoms in total. The lowest BCUT2D eigenvalue weighted by Crippen LogP contribution is -2.19. The largest absolute Gasteiger partial charge is 0.497 e. The van der Waals surface area contributed by atoms with Gasteiger partial charge in [0.1, 0.15) is 5.75 Å². The van der Waals surface area contributed by atoms with Crippen molar-refractivity contribution in [3.63, 3.8) is 0 Å². The van der Waals surface area contributed by atoms with Gasteiger partial charge in [0.05, 0.1) is 13.2 Å². The maximum atomic E-state index is 10.6. The molecule has 0 unspecified atom stereocenters. The van der Waals surface area contributed by atoms with Crippen LogP contribution in [0.15, 0.2) is 24.3 Å². The van der Waals surface area contributed by atoms with Gasteiger partial charge >= 0.3 is 5.97 Å². The summed E-state index contributed by atoms with van der Waals surface area (Å²) in [6.45, 7) is 1.29. The summed E-state index contributed by atoms with van der Waals surface area (Å²) in [5.41, 5.74) is 1.79. The third kappa shape index (κ3) is 5.12. The van der Waals surface area contributed by atoms with Crippen LogP contribution in [-0.2, 0) is 11.3 Å². The second-order valence-electron chi connectivity index (χ2n) is 4.38. The minimum absolute atomic E-state index is 0.459. The number of methoxy groups -OCH3 is 1. The van der Waals surface area contributed by atoms with Crippen molar-refractivity contribution in [3.05, 3.63) is 35.4 Å². The fraction of sp³-hybridized carbons (Fsp3) is 0.333. The summed E-state index contributed by atoms with van der Waals surface area (Å²) in [6, 6.07) is 7.60. The van der Waals surface area contributed by atoms with E-state index in [0.717, 1.165) is 23.0 Å². The molecule has 0 aliphatic heterocycles. The summed E-state index contributed by atoms with van der Waals surface area (Å²) in [4.78, 5) is 12.6. The Bertz CT molecular complexity index is 532. The quantitative estimate of drug-likeness (QED) is 0.771. The second-order valence-corrected chi connectivity index (χ2v) is 4.38. The molecule has 0 radical (unpaired) electrons. The number of carboxylic acid groups (broad SMARTS) is 1. The lowest BCUT2D eigenvalue weighted by atomic mass is 10.1. The number of nitrogens with zero attached hydrogens (tertiary/aromatic N) is 2. The monoisotopic (exact) mass is 274 g/mol. The van der Waals surface area contributed by atoms with E-state index in [-0.39, 0.29) is 0 Å². The minimum Gasteiger partial charge on any atom is -0.497 e. The molecule has 0 aromatic heterocycles. The lowest BCUT2D eigenvalue weighted by Gasteiger charge is -2.17. The predicted octanol–water partition coefficient (Wildman–Crippen LogP) is 2.14. The van der Waals surface area contributed by atoms with Crippen LogP contribution in [-0.4, -0.2) is 36.7 Å². The van der Waals surface area contributed by atoms with Gasteiger partial charge in [-0.3, -0.25) is 0 Å². The molecule has 0 aliphatic carbocycles. The summed E-state index contributed by atoms with van der Waals surface area (Å²) in [5.74, 6) is -0.259. The summed E-state index contributed by atoms with van der Waals surface area (Å²) in [7, 11) is 3.51. The molecule has 0 aliphatic rings. The third-order valence-corrected chi connectivity index (χ3v) is 2.80. The van der Waals surface area contributed by atoms with Crippen LogP contribution in [0.5, 0.6) is 5.75 Å². The van der Waals surface area contributed by atoms with Gasteiger partial charge in [0.2, 0.25) is 0 Å². The molecule has 0 heterocycles. The van der Waals surface area contributed by atoms with Gasteiger partial charge in [0.15, 0.2) is 0 Å². The molecular weight excluding hydrogens is 256 g/mol. The first kappa shape index (κ1) is 15.7. The smallest absolute Gasteiger partial charge is 0.328 e. The summed E-state index contributed by atoms with van der Waals surface area (Å²) >= 11 is 0. The van der Waals surface area contributed by atoms with Gasteiger partial charge in [-0.25, -0.2) is 4.79 Å². The molecule has 0 fully saturated rings. The van der Waals surface area contributed by atoms with E-state index in [9.17, 15) is 4.79 Å². The Kier molecular flexibility index (Phi) is 6.27. The number of hydrogen-bond donors (Lipinski definition) is 1. The molecule has 106 valence electrons. The molecule has 0 bridgehead atoms. The Morgan fingerprint density at radius 3 is 2.90 bits per heavy atom. The molecular formula is C15H18N2O3. The number of carboxylic acids is 1. The zero-order chi connectivity index (χ0) is 15.0. The van der Waals surface area contributed by atoms with Crippen molar-refractivity contribution < 1.29 is 14.6 Å². The molecule has 1 aromatic rings. The normalized spacial score (nSPS) is 10.7. The Morgan fingerprint density at radius 1 is 1.55 bits per heavy atom. The number of rotatable bonds is 7. The summed E-state index contributed by atoms with van der Waals surface area (Å²) in [5, 5.41) is 17.3. The second kappa shape index (κ2) is 7.97.